The number of benzene rings is 1. The summed E-state index contributed by atoms with van der Waals surface area (Å²) in [5, 5.41) is 1.73. The fourth-order valence-electron chi connectivity index (χ4n) is 2.34. The van der Waals surface area contributed by atoms with Gasteiger partial charge >= 0.3 is 12.4 Å². The maximum atomic E-state index is 13.6. The summed E-state index contributed by atoms with van der Waals surface area (Å²) in [6.07, 6.45) is -9.64. The van der Waals surface area contributed by atoms with Gasteiger partial charge in [-0.25, -0.2) is 4.98 Å². The highest BCUT2D eigenvalue weighted by Gasteiger charge is 2.43. The molecule has 1 heterocycles. The molecule has 0 aliphatic heterocycles. The van der Waals surface area contributed by atoms with Crippen molar-refractivity contribution in [3.05, 3.63) is 46.5 Å². The third-order valence-electron chi connectivity index (χ3n) is 3.27. The van der Waals surface area contributed by atoms with E-state index in [1.165, 1.54) is 20.8 Å². The average Bonchev–Trinajstić information content (AvgIpc) is 2.88. The minimum atomic E-state index is -5.16. The Labute approximate surface area is 155 Å². The molecule has 4 nitrogen and oxygen atoms in total. The second-order valence-electron chi connectivity index (χ2n) is 6.65. The molecule has 0 atom stereocenters. The Kier molecular flexibility index (Phi) is 5.26. The van der Waals surface area contributed by atoms with E-state index >= 15 is 0 Å². The molecular weight excluding hydrogens is 400 g/mol. The SMILES string of the molecule is CC(C)(C)NC(=O)c1ncn(-c2c(Cl)cccc2C(F)(F)F)c1C(F)(F)F. The Bertz CT molecular complexity index is 865. The smallest absolute Gasteiger partial charge is 0.346 e. The van der Waals surface area contributed by atoms with Crippen LogP contribution in [0.2, 0.25) is 5.02 Å². The first-order chi connectivity index (χ1) is 12.1. The van der Waals surface area contributed by atoms with Crippen molar-refractivity contribution in [1.82, 2.24) is 14.9 Å². The van der Waals surface area contributed by atoms with Crippen molar-refractivity contribution in [3.63, 3.8) is 0 Å². The zero-order valence-corrected chi connectivity index (χ0v) is 15.0. The Morgan fingerprint density at radius 2 is 1.67 bits per heavy atom. The molecule has 0 aliphatic carbocycles. The summed E-state index contributed by atoms with van der Waals surface area (Å²) in [6, 6.07) is 2.57. The van der Waals surface area contributed by atoms with Gasteiger partial charge in [0, 0.05) is 5.54 Å². The van der Waals surface area contributed by atoms with Gasteiger partial charge in [0.05, 0.1) is 16.3 Å². The largest absolute Gasteiger partial charge is 0.434 e. The van der Waals surface area contributed by atoms with Gasteiger partial charge < -0.3 is 5.32 Å². The summed E-state index contributed by atoms with van der Waals surface area (Å²) < 4.78 is 80.8. The third kappa shape index (κ3) is 4.55. The number of nitrogens with one attached hydrogen (secondary N) is 1. The molecule has 1 amide bonds. The lowest BCUT2D eigenvalue weighted by Gasteiger charge is -2.21. The zero-order valence-electron chi connectivity index (χ0n) is 14.3. The average molecular weight is 414 g/mol. The molecule has 1 aromatic carbocycles. The molecule has 0 spiro atoms. The van der Waals surface area contributed by atoms with Crippen LogP contribution >= 0.6 is 11.6 Å². The fourth-order valence-corrected chi connectivity index (χ4v) is 2.61. The standard InChI is InChI=1S/C16H14ClF6N3O/c1-14(2,3)25-13(27)10-12(16(21,22)23)26(7-24-10)11-8(15(18,19)20)5-4-6-9(11)17/h4-7H,1-3H3,(H,25,27). The highest BCUT2D eigenvalue weighted by molar-refractivity contribution is 6.32. The number of para-hydroxylation sites is 1. The predicted octanol–water partition coefficient (Wildman–Crippen LogP) is 5.09. The number of rotatable bonds is 2. The number of halogens is 7. The number of nitrogens with zero attached hydrogens (tertiary/aromatic N) is 2. The van der Waals surface area contributed by atoms with Gasteiger partial charge in [0.15, 0.2) is 11.4 Å². The maximum Gasteiger partial charge on any atom is 0.434 e. The van der Waals surface area contributed by atoms with Crippen LogP contribution in [-0.2, 0) is 12.4 Å². The highest BCUT2D eigenvalue weighted by atomic mass is 35.5. The molecule has 0 saturated carbocycles. The Balaban J connectivity index is 2.77. The molecule has 1 aromatic heterocycles. The van der Waals surface area contributed by atoms with Gasteiger partial charge in [-0.1, -0.05) is 17.7 Å². The summed E-state index contributed by atoms with van der Waals surface area (Å²) in [4.78, 5) is 15.6. The number of hydrogen-bond donors (Lipinski definition) is 1. The van der Waals surface area contributed by atoms with Gasteiger partial charge in [-0.2, -0.15) is 26.3 Å². The minimum Gasteiger partial charge on any atom is -0.346 e. The van der Waals surface area contributed by atoms with E-state index < -0.39 is 51.5 Å². The molecule has 148 valence electrons. The lowest BCUT2D eigenvalue weighted by atomic mass is 10.1. The van der Waals surface area contributed by atoms with Gasteiger partial charge in [-0.05, 0) is 32.9 Å². The van der Waals surface area contributed by atoms with Gasteiger partial charge in [-0.3, -0.25) is 9.36 Å². The van der Waals surface area contributed by atoms with Crippen LogP contribution in [0.25, 0.3) is 5.69 Å². The highest BCUT2D eigenvalue weighted by Crippen LogP contribution is 2.41. The molecule has 0 aliphatic rings. The topological polar surface area (TPSA) is 46.9 Å². The number of amides is 1. The van der Waals surface area contributed by atoms with Crippen LogP contribution < -0.4 is 5.32 Å². The van der Waals surface area contributed by atoms with Crippen molar-refractivity contribution >= 4 is 17.5 Å². The van der Waals surface area contributed by atoms with Crippen molar-refractivity contribution in [1.29, 1.82) is 0 Å². The molecule has 0 bridgehead atoms. The molecule has 0 radical (unpaired) electrons. The van der Waals surface area contributed by atoms with Crippen LogP contribution in [0.4, 0.5) is 26.3 Å². The molecule has 1 N–H and O–H groups in total. The van der Waals surface area contributed by atoms with Gasteiger partial charge in [0.1, 0.15) is 6.33 Å². The molecule has 2 rings (SSSR count). The number of hydrogen-bond acceptors (Lipinski definition) is 2. The van der Waals surface area contributed by atoms with Gasteiger partial charge in [0.25, 0.3) is 5.91 Å². The summed E-state index contributed by atoms with van der Waals surface area (Å²) in [7, 11) is 0. The minimum absolute atomic E-state index is 0.142. The van der Waals surface area contributed by atoms with Crippen LogP contribution in [0.15, 0.2) is 24.5 Å². The van der Waals surface area contributed by atoms with Crippen molar-refractivity contribution in [2.75, 3.05) is 0 Å². The first-order valence-corrected chi connectivity index (χ1v) is 7.84. The predicted molar refractivity (Wildman–Crippen MR) is 85.8 cm³/mol. The molecule has 27 heavy (non-hydrogen) atoms. The number of carbonyl (C=O) groups excluding carboxylic acids is 1. The summed E-state index contributed by atoms with van der Waals surface area (Å²) in [5.41, 5.74) is -5.93. The first-order valence-electron chi connectivity index (χ1n) is 7.46. The summed E-state index contributed by atoms with van der Waals surface area (Å²) >= 11 is 5.77. The molecule has 2 aromatic rings. The van der Waals surface area contributed by atoms with Crippen molar-refractivity contribution in [3.8, 4) is 5.69 Å². The van der Waals surface area contributed by atoms with E-state index in [9.17, 15) is 31.1 Å². The summed E-state index contributed by atoms with van der Waals surface area (Å²) in [5.74, 6) is -1.17. The van der Waals surface area contributed by atoms with Crippen LogP contribution in [0, 0.1) is 0 Å². The van der Waals surface area contributed by atoms with E-state index in [4.69, 9.17) is 11.6 Å². The monoisotopic (exact) mass is 413 g/mol. The van der Waals surface area contributed by atoms with Crippen molar-refractivity contribution in [2.24, 2.45) is 0 Å². The van der Waals surface area contributed by atoms with Crippen LogP contribution in [-0.4, -0.2) is 21.0 Å². The van der Waals surface area contributed by atoms with E-state index in [0.29, 0.717) is 12.4 Å². The molecule has 11 heteroatoms. The van der Waals surface area contributed by atoms with E-state index in [-0.39, 0.29) is 4.57 Å². The normalized spacial score (nSPS) is 13.0. The van der Waals surface area contributed by atoms with Crippen LogP contribution in [0.3, 0.4) is 0 Å². The number of imidazole rings is 1. The number of alkyl halides is 6. The van der Waals surface area contributed by atoms with E-state index in [1.54, 1.807) is 0 Å². The van der Waals surface area contributed by atoms with Crippen LogP contribution in [0.1, 0.15) is 42.5 Å². The number of carbonyl (C=O) groups is 1. The molecule has 0 fully saturated rings. The van der Waals surface area contributed by atoms with E-state index in [1.807, 2.05) is 0 Å². The summed E-state index contributed by atoms with van der Waals surface area (Å²) in [6.45, 7) is 4.60. The lowest BCUT2D eigenvalue weighted by molar-refractivity contribution is -0.144. The zero-order chi connectivity index (χ0) is 20.8. The first kappa shape index (κ1) is 21.1. The van der Waals surface area contributed by atoms with Crippen molar-refractivity contribution < 1.29 is 31.1 Å². The lowest BCUT2D eigenvalue weighted by Crippen LogP contribution is -2.41. The van der Waals surface area contributed by atoms with Gasteiger partial charge in [0.2, 0.25) is 0 Å². The Morgan fingerprint density at radius 1 is 1.07 bits per heavy atom. The fraction of sp³-hybridized carbons (Fsp3) is 0.375. The van der Waals surface area contributed by atoms with E-state index in [2.05, 4.69) is 10.3 Å². The quantitative estimate of drug-likeness (QED) is 0.697. The third-order valence-corrected chi connectivity index (χ3v) is 3.58. The Hall–Kier alpha value is -2.23. The molecular formula is C16H14ClF6N3O. The molecule has 0 unspecified atom stereocenters. The number of aromatic nitrogens is 2. The molecule has 0 saturated heterocycles. The Morgan fingerprint density at radius 3 is 2.15 bits per heavy atom. The van der Waals surface area contributed by atoms with E-state index in [0.717, 1.165) is 12.1 Å². The maximum absolute atomic E-state index is 13.6. The second-order valence-corrected chi connectivity index (χ2v) is 7.05. The van der Waals surface area contributed by atoms with Gasteiger partial charge in [-0.15, -0.1) is 0 Å². The van der Waals surface area contributed by atoms with Crippen molar-refractivity contribution in [2.45, 2.75) is 38.7 Å². The second kappa shape index (κ2) is 6.74. The van der Waals surface area contributed by atoms with Crippen LogP contribution in [0.5, 0.6) is 0 Å².